The van der Waals surface area contributed by atoms with Crippen molar-refractivity contribution >= 4 is 0 Å². The average molecular weight is 283 g/mol. The molecule has 21 heavy (non-hydrogen) atoms. The lowest BCUT2D eigenvalue weighted by molar-refractivity contribution is 0.239. The number of nitrogens with one attached hydrogen (secondary N) is 1. The molecule has 112 valence electrons. The predicted octanol–water partition coefficient (Wildman–Crippen LogP) is 4.63. The number of benzene rings is 2. The molecule has 0 heterocycles. The SMILES string of the molecule is Cc1ccc([C@@H](C)NCc2ccccc2OC(C)C)cc1. The molecule has 2 rings (SSSR count). The van der Waals surface area contributed by atoms with Gasteiger partial charge in [-0.05, 0) is 39.3 Å². The van der Waals surface area contributed by atoms with E-state index in [1.807, 2.05) is 12.1 Å². The summed E-state index contributed by atoms with van der Waals surface area (Å²) >= 11 is 0. The van der Waals surface area contributed by atoms with Crippen molar-refractivity contribution in [1.82, 2.24) is 5.32 Å². The van der Waals surface area contributed by atoms with E-state index in [0.29, 0.717) is 6.04 Å². The van der Waals surface area contributed by atoms with Crippen LogP contribution in [0.1, 0.15) is 43.5 Å². The van der Waals surface area contributed by atoms with Crippen LogP contribution in [0.15, 0.2) is 48.5 Å². The quantitative estimate of drug-likeness (QED) is 0.834. The van der Waals surface area contributed by atoms with Gasteiger partial charge in [-0.2, -0.15) is 0 Å². The molecule has 0 saturated carbocycles. The summed E-state index contributed by atoms with van der Waals surface area (Å²) in [6, 6.07) is 17.2. The number of rotatable bonds is 6. The molecule has 2 aromatic rings. The van der Waals surface area contributed by atoms with E-state index in [1.54, 1.807) is 0 Å². The largest absolute Gasteiger partial charge is 0.491 e. The van der Waals surface area contributed by atoms with E-state index in [2.05, 4.69) is 69.4 Å². The molecule has 2 heteroatoms. The summed E-state index contributed by atoms with van der Waals surface area (Å²) in [5.41, 5.74) is 3.80. The van der Waals surface area contributed by atoms with E-state index in [4.69, 9.17) is 4.74 Å². The molecule has 0 aliphatic carbocycles. The van der Waals surface area contributed by atoms with Gasteiger partial charge in [0.2, 0.25) is 0 Å². The minimum absolute atomic E-state index is 0.195. The molecule has 0 fully saturated rings. The van der Waals surface area contributed by atoms with Crippen LogP contribution in [-0.4, -0.2) is 6.10 Å². The van der Waals surface area contributed by atoms with Gasteiger partial charge in [-0.3, -0.25) is 0 Å². The second-order valence-corrected chi connectivity index (χ2v) is 5.79. The van der Waals surface area contributed by atoms with Crippen LogP contribution >= 0.6 is 0 Å². The standard InChI is InChI=1S/C19H25NO/c1-14(2)21-19-8-6-5-7-18(19)13-20-16(4)17-11-9-15(3)10-12-17/h5-12,14,16,20H,13H2,1-4H3/t16-/m1/s1. The Bertz CT molecular complexity index is 560. The Labute approximate surface area is 128 Å². The molecule has 1 atom stereocenters. The highest BCUT2D eigenvalue weighted by Crippen LogP contribution is 2.21. The topological polar surface area (TPSA) is 21.3 Å². The van der Waals surface area contributed by atoms with Crippen LogP contribution in [-0.2, 0) is 6.54 Å². The van der Waals surface area contributed by atoms with Crippen molar-refractivity contribution in [2.45, 2.75) is 46.4 Å². The lowest BCUT2D eigenvalue weighted by atomic mass is 10.1. The Morgan fingerprint density at radius 2 is 1.62 bits per heavy atom. The van der Waals surface area contributed by atoms with Crippen molar-refractivity contribution in [1.29, 1.82) is 0 Å². The second-order valence-electron chi connectivity index (χ2n) is 5.79. The molecule has 0 saturated heterocycles. The third-order valence-corrected chi connectivity index (χ3v) is 3.51. The Kier molecular flexibility index (Phi) is 5.40. The third-order valence-electron chi connectivity index (χ3n) is 3.51. The van der Waals surface area contributed by atoms with Crippen molar-refractivity contribution in [2.75, 3.05) is 0 Å². The molecule has 2 nitrogen and oxygen atoms in total. The fourth-order valence-electron chi connectivity index (χ4n) is 2.25. The van der Waals surface area contributed by atoms with Gasteiger partial charge in [0.25, 0.3) is 0 Å². The van der Waals surface area contributed by atoms with Gasteiger partial charge in [-0.1, -0.05) is 48.0 Å². The van der Waals surface area contributed by atoms with E-state index in [1.165, 1.54) is 16.7 Å². The Hall–Kier alpha value is -1.80. The van der Waals surface area contributed by atoms with Gasteiger partial charge in [-0.15, -0.1) is 0 Å². The molecular weight excluding hydrogens is 258 g/mol. The lowest BCUT2D eigenvalue weighted by Gasteiger charge is -2.18. The first kappa shape index (κ1) is 15.6. The van der Waals surface area contributed by atoms with E-state index < -0.39 is 0 Å². The number of hydrogen-bond acceptors (Lipinski definition) is 2. The summed E-state index contributed by atoms with van der Waals surface area (Å²) < 4.78 is 5.86. The van der Waals surface area contributed by atoms with E-state index in [-0.39, 0.29) is 6.10 Å². The third kappa shape index (κ3) is 4.61. The molecular formula is C19H25NO. The van der Waals surface area contributed by atoms with Gasteiger partial charge in [0.05, 0.1) is 6.10 Å². The summed E-state index contributed by atoms with van der Waals surface area (Å²) in [7, 11) is 0. The van der Waals surface area contributed by atoms with Gasteiger partial charge in [-0.25, -0.2) is 0 Å². The molecule has 0 aliphatic heterocycles. The molecule has 0 spiro atoms. The maximum atomic E-state index is 5.86. The van der Waals surface area contributed by atoms with Crippen molar-refractivity contribution in [2.24, 2.45) is 0 Å². The Morgan fingerprint density at radius 1 is 0.952 bits per heavy atom. The summed E-state index contributed by atoms with van der Waals surface area (Å²) in [6.07, 6.45) is 0.195. The van der Waals surface area contributed by atoms with E-state index in [0.717, 1.165) is 12.3 Å². The molecule has 0 radical (unpaired) electrons. The fourth-order valence-corrected chi connectivity index (χ4v) is 2.25. The Balaban J connectivity index is 2.01. The smallest absolute Gasteiger partial charge is 0.124 e. The molecule has 0 amide bonds. The lowest BCUT2D eigenvalue weighted by Crippen LogP contribution is -2.19. The highest BCUT2D eigenvalue weighted by atomic mass is 16.5. The Morgan fingerprint density at radius 3 is 2.29 bits per heavy atom. The van der Waals surface area contributed by atoms with Crippen LogP contribution < -0.4 is 10.1 Å². The summed E-state index contributed by atoms with van der Waals surface area (Å²) in [5, 5.41) is 3.57. The van der Waals surface area contributed by atoms with Crippen LogP contribution in [0.25, 0.3) is 0 Å². The van der Waals surface area contributed by atoms with Crippen molar-refractivity contribution in [3.05, 3.63) is 65.2 Å². The zero-order valence-corrected chi connectivity index (χ0v) is 13.4. The first-order valence-electron chi connectivity index (χ1n) is 7.61. The molecule has 0 aliphatic rings. The maximum absolute atomic E-state index is 5.86. The van der Waals surface area contributed by atoms with Crippen molar-refractivity contribution in [3.63, 3.8) is 0 Å². The minimum atomic E-state index is 0.195. The zero-order valence-electron chi connectivity index (χ0n) is 13.4. The normalized spacial score (nSPS) is 12.4. The highest BCUT2D eigenvalue weighted by molar-refractivity contribution is 5.33. The predicted molar refractivity (Wildman–Crippen MR) is 88.6 cm³/mol. The first-order chi connectivity index (χ1) is 10.1. The number of aryl methyl sites for hydroxylation is 1. The van der Waals surface area contributed by atoms with Crippen molar-refractivity contribution < 1.29 is 4.74 Å². The fraction of sp³-hybridized carbons (Fsp3) is 0.368. The molecule has 0 unspecified atom stereocenters. The monoisotopic (exact) mass is 283 g/mol. The van der Waals surface area contributed by atoms with Crippen LogP contribution in [0.5, 0.6) is 5.75 Å². The molecule has 1 N–H and O–H groups in total. The van der Waals surface area contributed by atoms with Crippen LogP contribution in [0.2, 0.25) is 0 Å². The van der Waals surface area contributed by atoms with Gasteiger partial charge < -0.3 is 10.1 Å². The van der Waals surface area contributed by atoms with Crippen LogP contribution in [0, 0.1) is 6.92 Å². The zero-order chi connectivity index (χ0) is 15.2. The van der Waals surface area contributed by atoms with E-state index >= 15 is 0 Å². The average Bonchev–Trinajstić information content (AvgIpc) is 2.46. The maximum Gasteiger partial charge on any atom is 0.124 e. The van der Waals surface area contributed by atoms with E-state index in [9.17, 15) is 0 Å². The molecule has 0 bridgehead atoms. The number of ether oxygens (including phenoxy) is 1. The van der Waals surface area contributed by atoms with Crippen LogP contribution in [0.3, 0.4) is 0 Å². The summed E-state index contributed by atoms with van der Waals surface area (Å²) in [5.74, 6) is 0.969. The molecule has 0 aromatic heterocycles. The van der Waals surface area contributed by atoms with Gasteiger partial charge in [0.15, 0.2) is 0 Å². The van der Waals surface area contributed by atoms with Gasteiger partial charge in [0.1, 0.15) is 5.75 Å². The molecule has 2 aromatic carbocycles. The number of para-hydroxylation sites is 1. The van der Waals surface area contributed by atoms with Gasteiger partial charge in [0, 0.05) is 18.2 Å². The van der Waals surface area contributed by atoms with Gasteiger partial charge >= 0.3 is 0 Å². The second kappa shape index (κ2) is 7.28. The summed E-state index contributed by atoms with van der Waals surface area (Å²) in [4.78, 5) is 0. The minimum Gasteiger partial charge on any atom is -0.491 e. The van der Waals surface area contributed by atoms with Crippen LogP contribution in [0.4, 0.5) is 0 Å². The van der Waals surface area contributed by atoms with Crippen molar-refractivity contribution in [3.8, 4) is 5.75 Å². The summed E-state index contributed by atoms with van der Waals surface area (Å²) in [6.45, 7) is 9.22. The first-order valence-corrected chi connectivity index (χ1v) is 7.61. The number of hydrogen-bond donors (Lipinski definition) is 1. The highest BCUT2D eigenvalue weighted by Gasteiger charge is 2.08.